The first-order chi connectivity index (χ1) is 35.5. The van der Waals surface area contributed by atoms with E-state index in [0.29, 0.717) is 12.8 Å². The van der Waals surface area contributed by atoms with Gasteiger partial charge in [0.1, 0.15) is 13.2 Å². The van der Waals surface area contributed by atoms with Crippen LogP contribution in [-0.4, -0.2) is 37.2 Å². The average molecular weight is 994 g/mol. The number of esters is 3. The Labute approximate surface area is 442 Å². The largest absolute Gasteiger partial charge is 0.462 e. The number of rotatable bonds is 50. The van der Waals surface area contributed by atoms with Crippen molar-refractivity contribution in [3.8, 4) is 0 Å². The van der Waals surface area contributed by atoms with Crippen molar-refractivity contribution in [1.29, 1.82) is 0 Å². The van der Waals surface area contributed by atoms with Crippen molar-refractivity contribution >= 4 is 17.9 Å². The van der Waals surface area contributed by atoms with Crippen molar-refractivity contribution in [3.63, 3.8) is 0 Å². The van der Waals surface area contributed by atoms with E-state index in [9.17, 15) is 14.4 Å². The Morgan fingerprint density at radius 1 is 0.306 bits per heavy atom. The number of allylic oxidation sites excluding steroid dienone is 24. The lowest BCUT2D eigenvalue weighted by atomic mass is 10.1. The fraction of sp³-hybridized carbons (Fsp3) is 0.591. The van der Waals surface area contributed by atoms with E-state index >= 15 is 0 Å². The van der Waals surface area contributed by atoms with E-state index in [1.807, 2.05) is 12.2 Å². The maximum atomic E-state index is 12.9. The molecule has 0 saturated carbocycles. The van der Waals surface area contributed by atoms with Gasteiger partial charge in [-0.15, -0.1) is 0 Å². The number of ether oxygens (including phenoxy) is 3. The van der Waals surface area contributed by atoms with Gasteiger partial charge in [0.15, 0.2) is 6.10 Å². The summed E-state index contributed by atoms with van der Waals surface area (Å²) in [4.78, 5) is 38.2. The van der Waals surface area contributed by atoms with Gasteiger partial charge in [-0.2, -0.15) is 0 Å². The molecule has 0 aromatic heterocycles. The Kier molecular flexibility index (Phi) is 55.0. The Morgan fingerprint density at radius 2 is 0.625 bits per heavy atom. The van der Waals surface area contributed by atoms with Crippen LogP contribution in [0.25, 0.3) is 0 Å². The second-order valence-electron chi connectivity index (χ2n) is 18.5. The molecule has 404 valence electrons. The molecule has 0 aliphatic rings. The van der Waals surface area contributed by atoms with Gasteiger partial charge in [0.25, 0.3) is 0 Å². The van der Waals surface area contributed by atoms with Gasteiger partial charge in [-0.05, 0) is 116 Å². The maximum absolute atomic E-state index is 12.9. The summed E-state index contributed by atoms with van der Waals surface area (Å²) in [7, 11) is 0. The lowest BCUT2D eigenvalue weighted by molar-refractivity contribution is -0.166. The summed E-state index contributed by atoms with van der Waals surface area (Å²) in [5, 5.41) is 0. The molecule has 6 nitrogen and oxygen atoms in total. The smallest absolute Gasteiger partial charge is 0.306 e. The highest BCUT2D eigenvalue weighted by atomic mass is 16.6. The van der Waals surface area contributed by atoms with Crippen LogP contribution >= 0.6 is 0 Å². The molecule has 0 rings (SSSR count). The number of hydrogen-bond donors (Lipinski definition) is 0. The third kappa shape index (κ3) is 56.2. The zero-order chi connectivity index (χ0) is 52.2. The summed E-state index contributed by atoms with van der Waals surface area (Å²) < 4.78 is 16.8. The molecule has 0 heterocycles. The monoisotopic (exact) mass is 993 g/mol. The minimum atomic E-state index is -0.832. The van der Waals surface area contributed by atoms with Crippen molar-refractivity contribution in [2.24, 2.45) is 0 Å². The molecule has 0 aliphatic carbocycles. The van der Waals surface area contributed by atoms with Gasteiger partial charge in [-0.3, -0.25) is 14.4 Å². The zero-order valence-corrected chi connectivity index (χ0v) is 46.1. The first kappa shape index (κ1) is 67.3. The van der Waals surface area contributed by atoms with Crippen LogP contribution in [0.5, 0.6) is 0 Å². The third-order valence-corrected chi connectivity index (χ3v) is 11.7. The minimum absolute atomic E-state index is 0.121. The third-order valence-electron chi connectivity index (χ3n) is 11.7. The Balaban J connectivity index is 4.60. The Morgan fingerprint density at radius 3 is 1.06 bits per heavy atom. The first-order valence-electron chi connectivity index (χ1n) is 28.9. The molecule has 0 bridgehead atoms. The van der Waals surface area contributed by atoms with Gasteiger partial charge < -0.3 is 14.2 Å². The summed E-state index contributed by atoms with van der Waals surface area (Å²) in [5.41, 5.74) is 0. The number of carbonyl (C=O) groups excluding carboxylic acids is 3. The summed E-state index contributed by atoms with van der Waals surface area (Å²) >= 11 is 0. The molecule has 1 atom stereocenters. The predicted octanol–water partition coefficient (Wildman–Crippen LogP) is 19.6. The highest BCUT2D eigenvalue weighted by Crippen LogP contribution is 2.13. The SMILES string of the molecule is CC/C=C\C/C=C\C/C=C\C/C=C\C/C=C\C/C=C\CCC(=O)OCC(COC(=O)CCCCCCCCC/C=C\C/C=C\CCCCC)OC(=O)CCCCCCC\C=C/C=C\C=C/C=C\CCCCC. The summed E-state index contributed by atoms with van der Waals surface area (Å²) in [6.45, 7) is 6.36. The molecule has 0 aromatic carbocycles. The van der Waals surface area contributed by atoms with Gasteiger partial charge in [0.05, 0.1) is 0 Å². The van der Waals surface area contributed by atoms with Crippen LogP contribution in [0.3, 0.4) is 0 Å². The molecule has 0 aliphatic heterocycles. The van der Waals surface area contributed by atoms with E-state index in [-0.39, 0.29) is 44.0 Å². The van der Waals surface area contributed by atoms with Gasteiger partial charge in [-0.1, -0.05) is 244 Å². The van der Waals surface area contributed by atoms with E-state index in [0.717, 1.165) is 116 Å². The van der Waals surface area contributed by atoms with Gasteiger partial charge in [-0.25, -0.2) is 0 Å². The Bertz CT molecular complexity index is 1610. The van der Waals surface area contributed by atoms with Crippen LogP contribution in [0.1, 0.15) is 233 Å². The fourth-order valence-electron chi connectivity index (χ4n) is 7.33. The molecule has 0 fully saturated rings. The van der Waals surface area contributed by atoms with E-state index in [2.05, 4.69) is 154 Å². The quantitative estimate of drug-likeness (QED) is 0.0199. The van der Waals surface area contributed by atoms with Crippen LogP contribution in [0, 0.1) is 0 Å². The van der Waals surface area contributed by atoms with Gasteiger partial charge >= 0.3 is 17.9 Å². The fourth-order valence-corrected chi connectivity index (χ4v) is 7.33. The summed E-state index contributed by atoms with van der Waals surface area (Å²) in [5.74, 6) is -1.05. The molecule has 72 heavy (non-hydrogen) atoms. The van der Waals surface area contributed by atoms with Crippen molar-refractivity contribution < 1.29 is 28.6 Å². The van der Waals surface area contributed by atoms with Gasteiger partial charge in [0.2, 0.25) is 0 Å². The topological polar surface area (TPSA) is 78.9 Å². The molecule has 0 radical (unpaired) electrons. The van der Waals surface area contributed by atoms with Crippen LogP contribution < -0.4 is 0 Å². The lowest BCUT2D eigenvalue weighted by Gasteiger charge is -2.18. The number of carbonyl (C=O) groups is 3. The van der Waals surface area contributed by atoms with E-state index in [1.165, 1.54) is 70.6 Å². The van der Waals surface area contributed by atoms with E-state index in [4.69, 9.17) is 14.2 Å². The summed E-state index contributed by atoms with van der Waals surface area (Å²) in [6.07, 6.45) is 84.1. The molecule has 0 aromatic rings. The highest BCUT2D eigenvalue weighted by molar-refractivity contribution is 5.71. The molecule has 0 N–H and O–H groups in total. The van der Waals surface area contributed by atoms with E-state index in [1.54, 1.807) is 0 Å². The van der Waals surface area contributed by atoms with Crippen LogP contribution in [0.4, 0.5) is 0 Å². The second-order valence-corrected chi connectivity index (χ2v) is 18.5. The van der Waals surface area contributed by atoms with Crippen LogP contribution in [-0.2, 0) is 28.6 Å². The Hall–Kier alpha value is -4.71. The molecule has 0 saturated heterocycles. The van der Waals surface area contributed by atoms with Crippen molar-refractivity contribution in [2.75, 3.05) is 13.2 Å². The average Bonchev–Trinajstić information content (AvgIpc) is 3.38. The van der Waals surface area contributed by atoms with Gasteiger partial charge in [0, 0.05) is 19.3 Å². The molecular weight excluding hydrogens is 889 g/mol. The van der Waals surface area contributed by atoms with Crippen molar-refractivity contribution in [3.05, 3.63) is 146 Å². The molecular formula is C66H104O6. The van der Waals surface area contributed by atoms with Crippen LogP contribution in [0.15, 0.2) is 146 Å². The molecule has 0 amide bonds. The number of hydrogen-bond acceptors (Lipinski definition) is 6. The normalized spacial score (nSPS) is 13.2. The predicted molar refractivity (Wildman–Crippen MR) is 311 cm³/mol. The second kappa shape index (κ2) is 58.9. The van der Waals surface area contributed by atoms with E-state index < -0.39 is 6.10 Å². The van der Waals surface area contributed by atoms with Crippen LogP contribution in [0.2, 0.25) is 0 Å². The number of unbranched alkanes of at least 4 members (excludes halogenated alkanes) is 18. The molecule has 6 heteroatoms. The first-order valence-corrected chi connectivity index (χ1v) is 28.9. The molecule has 0 spiro atoms. The highest BCUT2D eigenvalue weighted by Gasteiger charge is 2.19. The van der Waals surface area contributed by atoms with Crippen molar-refractivity contribution in [1.82, 2.24) is 0 Å². The minimum Gasteiger partial charge on any atom is -0.462 e. The van der Waals surface area contributed by atoms with Crippen molar-refractivity contribution in [2.45, 2.75) is 239 Å². The standard InChI is InChI=1S/C66H104O6/c1-4-7-10-13-16-19-22-25-28-31-33-36-38-41-44-47-50-53-56-59-65(68)71-62-63(61-70-64(67)58-55-52-49-46-43-40-37-34-30-27-24-21-18-15-12-9-6-3)72-66(69)60-57-54-51-48-45-42-39-35-32-29-26-23-20-17-14-11-8-5-2/h7,10,16-21,23,25-30,32-33,35-36,39,41,44,50,53,63H,4-6,8-9,11-15,22,24,31,34,37-38,40,42-43,45-49,51-52,54-62H2,1-3H3/b10-7-,19-16-,20-17-,21-18-,26-23-,28-25-,30-27-,32-29-,36-33-,39-35-,44-41-,53-50-. The maximum Gasteiger partial charge on any atom is 0.306 e. The summed E-state index contributed by atoms with van der Waals surface area (Å²) in [6, 6.07) is 0. The zero-order valence-electron chi connectivity index (χ0n) is 46.1. The molecule has 1 unspecified atom stereocenters. The lowest BCUT2D eigenvalue weighted by Crippen LogP contribution is -2.30.